The summed E-state index contributed by atoms with van der Waals surface area (Å²) in [5, 5.41) is 10.3. The summed E-state index contributed by atoms with van der Waals surface area (Å²) in [6, 6.07) is 15.2. The second-order valence-electron chi connectivity index (χ2n) is 5.22. The molecule has 132 valence electrons. The number of ether oxygens (including phenoxy) is 2. The van der Waals surface area contributed by atoms with Gasteiger partial charge in [0.05, 0.1) is 13.3 Å². The van der Waals surface area contributed by atoms with Crippen LogP contribution in [0.15, 0.2) is 64.6 Å². The zero-order valence-electron chi connectivity index (χ0n) is 14.0. The van der Waals surface area contributed by atoms with Crippen LogP contribution in [0.1, 0.15) is 11.1 Å². The normalized spacial score (nSPS) is 10.8. The topological polar surface area (TPSA) is 81.5 Å². The van der Waals surface area contributed by atoms with Gasteiger partial charge in [-0.1, -0.05) is 36.4 Å². The molecule has 0 amide bonds. The summed E-state index contributed by atoms with van der Waals surface area (Å²) in [5.41, 5.74) is 1.24. The molecule has 0 unspecified atom stereocenters. The summed E-state index contributed by atoms with van der Waals surface area (Å²) < 4.78 is 12.5. The Morgan fingerprint density at radius 1 is 1.23 bits per heavy atom. The average Bonchev–Trinajstić information content (AvgIpc) is 2.67. The van der Waals surface area contributed by atoms with Gasteiger partial charge in [-0.2, -0.15) is 14.9 Å². The Kier molecular flexibility index (Phi) is 5.55. The maximum Gasteiger partial charge on any atom is 0.293 e. The molecule has 0 aliphatic rings. The molecule has 0 spiro atoms. The first-order valence-corrected chi connectivity index (χ1v) is 8.14. The maximum absolute atomic E-state index is 11.8. The molecule has 0 bridgehead atoms. The quantitative estimate of drug-likeness (QED) is 0.534. The van der Waals surface area contributed by atoms with Crippen molar-refractivity contribution in [2.45, 2.75) is 6.61 Å². The molecular weight excluding hydrogens is 352 g/mol. The van der Waals surface area contributed by atoms with E-state index >= 15 is 0 Å². The van der Waals surface area contributed by atoms with Gasteiger partial charge >= 0.3 is 0 Å². The van der Waals surface area contributed by atoms with E-state index in [-0.39, 0.29) is 4.77 Å². The monoisotopic (exact) mass is 368 g/mol. The van der Waals surface area contributed by atoms with E-state index in [2.05, 4.69) is 15.3 Å². The van der Waals surface area contributed by atoms with Gasteiger partial charge in [0.25, 0.3) is 5.56 Å². The Bertz CT molecular complexity index is 1000. The molecule has 1 heterocycles. The summed E-state index contributed by atoms with van der Waals surface area (Å²) >= 11 is 5.03. The second-order valence-corrected chi connectivity index (χ2v) is 5.61. The van der Waals surface area contributed by atoms with E-state index in [9.17, 15) is 4.79 Å². The van der Waals surface area contributed by atoms with Crippen LogP contribution in [0.2, 0.25) is 0 Å². The van der Waals surface area contributed by atoms with E-state index < -0.39 is 5.56 Å². The fourth-order valence-corrected chi connectivity index (χ4v) is 2.44. The van der Waals surface area contributed by atoms with Crippen molar-refractivity contribution in [3.63, 3.8) is 0 Å². The van der Waals surface area contributed by atoms with Crippen LogP contribution < -0.4 is 15.0 Å². The van der Waals surface area contributed by atoms with Gasteiger partial charge in [-0.25, -0.2) is 0 Å². The first-order valence-electron chi connectivity index (χ1n) is 7.74. The number of hydrogen-bond donors (Lipinski definition) is 1. The van der Waals surface area contributed by atoms with Gasteiger partial charge in [0.15, 0.2) is 11.5 Å². The lowest BCUT2D eigenvalue weighted by Crippen LogP contribution is -2.18. The van der Waals surface area contributed by atoms with Gasteiger partial charge in [0.2, 0.25) is 4.77 Å². The third kappa shape index (κ3) is 4.04. The number of methoxy groups -OCH3 is 1. The van der Waals surface area contributed by atoms with Gasteiger partial charge in [-0.3, -0.25) is 9.89 Å². The lowest BCUT2D eigenvalue weighted by Gasteiger charge is -2.13. The molecule has 0 radical (unpaired) electrons. The number of hydrogen-bond acceptors (Lipinski definition) is 6. The predicted molar refractivity (Wildman–Crippen MR) is 100 cm³/mol. The smallest absolute Gasteiger partial charge is 0.293 e. The van der Waals surface area contributed by atoms with Crippen molar-refractivity contribution in [1.29, 1.82) is 0 Å². The Hall–Kier alpha value is -3.26. The number of rotatable bonds is 6. The van der Waals surface area contributed by atoms with Crippen LogP contribution >= 0.6 is 12.2 Å². The molecule has 0 saturated heterocycles. The number of H-pyrrole nitrogens is 1. The van der Waals surface area contributed by atoms with E-state index in [1.54, 1.807) is 13.2 Å². The zero-order valence-corrected chi connectivity index (χ0v) is 14.8. The molecule has 8 heteroatoms. The molecule has 1 aromatic heterocycles. The molecule has 0 aliphatic carbocycles. The van der Waals surface area contributed by atoms with E-state index in [1.165, 1.54) is 6.21 Å². The first kappa shape index (κ1) is 17.6. The summed E-state index contributed by atoms with van der Waals surface area (Å²) in [6.07, 6.45) is 2.60. The summed E-state index contributed by atoms with van der Waals surface area (Å²) in [5.74, 6) is 1.09. The Morgan fingerprint density at radius 3 is 2.77 bits per heavy atom. The molecule has 3 aromatic rings. The van der Waals surface area contributed by atoms with Crippen molar-refractivity contribution < 1.29 is 9.47 Å². The molecule has 26 heavy (non-hydrogen) atoms. The molecule has 2 aromatic carbocycles. The maximum atomic E-state index is 11.8. The lowest BCUT2D eigenvalue weighted by atomic mass is 10.2. The molecule has 1 N–H and O–H groups in total. The zero-order chi connectivity index (χ0) is 18.4. The number of nitrogens with one attached hydrogen (secondary N) is 1. The highest BCUT2D eigenvalue weighted by atomic mass is 32.1. The summed E-state index contributed by atoms with van der Waals surface area (Å²) in [7, 11) is 1.56. The highest BCUT2D eigenvalue weighted by molar-refractivity contribution is 7.71. The SMILES string of the molecule is COc1cccc(/C=N/n2c(=O)cn[nH]c2=S)c1OCc1ccccc1. The molecule has 0 atom stereocenters. The van der Waals surface area contributed by atoms with Crippen LogP contribution in [0.4, 0.5) is 0 Å². The predicted octanol–water partition coefficient (Wildman–Crippen LogP) is 2.77. The molecule has 0 fully saturated rings. The molecule has 3 rings (SSSR count). The van der Waals surface area contributed by atoms with Gasteiger partial charge in [-0.05, 0) is 29.9 Å². The third-order valence-electron chi connectivity index (χ3n) is 3.50. The fourth-order valence-electron chi connectivity index (χ4n) is 2.25. The average molecular weight is 368 g/mol. The molecule has 0 saturated carbocycles. The number of aromatic amines is 1. The lowest BCUT2D eigenvalue weighted by molar-refractivity contribution is 0.284. The van der Waals surface area contributed by atoms with Gasteiger partial charge in [0, 0.05) is 5.56 Å². The number of nitrogens with zero attached hydrogens (tertiary/aromatic N) is 3. The summed E-state index contributed by atoms with van der Waals surface area (Å²) in [4.78, 5) is 11.8. The van der Waals surface area contributed by atoms with Gasteiger partial charge in [0.1, 0.15) is 12.8 Å². The first-order chi connectivity index (χ1) is 12.7. The van der Waals surface area contributed by atoms with Crippen LogP contribution in [0.25, 0.3) is 0 Å². The van der Waals surface area contributed by atoms with E-state index in [4.69, 9.17) is 21.7 Å². The second kappa shape index (κ2) is 8.21. The van der Waals surface area contributed by atoms with Crippen LogP contribution in [-0.2, 0) is 6.61 Å². The Morgan fingerprint density at radius 2 is 2.04 bits per heavy atom. The Labute approximate surface area is 154 Å². The third-order valence-corrected chi connectivity index (χ3v) is 3.77. The molecule has 0 aliphatic heterocycles. The van der Waals surface area contributed by atoms with Crippen molar-refractivity contribution >= 4 is 18.4 Å². The van der Waals surface area contributed by atoms with Crippen LogP contribution in [-0.4, -0.2) is 28.2 Å². The van der Waals surface area contributed by atoms with Crippen LogP contribution in [0, 0.1) is 4.77 Å². The number of para-hydroxylation sites is 1. The standard InChI is InChI=1S/C18H16N4O3S/c1-24-15-9-5-8-14(10-20-22-16(23)11-19-21-18(22)26)17(15)25-12-13-6-3-2-4-7-13/h2-11H,12H2,1H3,(H,21,26)/b20-10+. The number of benzene rings is 2. The molecule has 7 nitrogen and oxygen atoms in total. The van der Waals surface area contributed by atoms with E-state index in [1.807, 2.05) is 42.5 Å². The van der Waals surface area contributed by atoms with E-state index in [0.29, 0.717) is 23.7 Å². The van der Waals surface area contributed by atoms with Crippen molar-refractivity contribution in [3.05, 3.63) is 81.0 Å². The van der Waals surface area contributed by atoms with Crippen LogP contribution in [0.5, 0.6) is 11.5 Å². The largest absolute Gasteiger partial charge is 0.493 e. The molecular formula is C18H16N4O3S. The van der Waals surface area contributed by atoms with E-state index in [0.717, 1.165) is 16.4 Å². The number of aromatic nitrogens is 3. The fraction of sp³-hybridized carbons (Fsp3) is 0.111. The van der Waals surface area contributed by atoms with Crippen molar-refractivity contribution in [1.82, 2.24) is 14.9 Å². The van der Waals surface area contributed by atoms with Crippen molar-refractivity contribution in [3.8, 4) is 11.5 Å². The van der Waals surface area contributed by atoms with Crippen molar-refractivity contribution in [2.24, 2.45) is 5.10 Å². The van der Waals surface area contributed by atoms with Gasteiger partial charge < -0.3 is 9.47 Å². The highest BCUT2D eigenvalue weighted by Crippen LogP contribution is 2.30. The highest BCUT2D eigenvalue weighted by Gasteiger charge is 2.10. The Balaban J connectivity index is 1.93. The van der Waals surface area contributed by atoms with Crippen molar-refractivity contribution in [2.75, 3.05) is 7.11 Å². The minimum atomic E-state index is -0.431. The summed E-state index contributed by atoms with van der Waals surface area (Å²) in [6.45, 7) is 0.372. The van der Waals surface area contributed by atoms with Gasteiger partial charge in [-0.15, -0.1) is 0 Å². The minimum absolute atomic E-state index is 0.100. The minimum Gasteiger partial charge on any atom is -0.493 e. The van der Waals surface area contributed by atoms with Crippen LogP contribution in [0.3, 0.4) is 0 Å².